The van der Waals surface area contributed by atoms with Crippen molar-refractivity contribution in [1.82, 2.24) is 41.0 Å². The Morgan fingerprint density at radius 3 is 1.45 bits per heavy atom. The van der Waals surface area contributed by atoms with Gasteiger partial charge in [0.2, 0.25) is 35.4 Å². The number of aliphatic hydroxyl groups excluding tert-OH is 2. The number of ether oxygens (including phenoxy) is 3. The van der Waals surface area contributed by atoms with Crippen LogP contribution >= 0.6 is 22.7 Å². The van der Waals surface area contributed by atoms with Crippen LogP contribution in [0.1, 0.15) is 143 Å². The maximum atomic E-state index is 14.3. The van der Waals surface area contributed by atoms with Crippen LogP contribution in [0.15, 0.2) is 47.4 Å². The zero-order valence-electron chi connectivity index (χ0n) is 52.1. The van der Waals surface area contributed by atoms with Gasteiger partial charge in [-0.3, -0.25) is 28.8 Å². The summed E-state index contributed by atoms with van der Waals surface area (Å²) in [6.07, 6.45) is 0.645. The summed E-state index contributed by atoms with van der Waals surface area (Å²) in [5.41, 5.74) is 3.05. The third-order valence-corrected chi connectivity index (χ3v) is 18.9. The maximum absolute atomic E-state index is 14.3. The number of likely N-dealkylation sites (tertiary alicyclic amines) is 2. The highest BCUT2D eigenvalue weighted by Crippen LogP contribution is 2.47. The summed E-state index contributed by atoms with van der Waals surface area (Å²) in [7, 11) is 0. The Balaban J connectivity index is 0.897. The molecular weight excluding hydrogens is 1150 g/mol. The second-order valence-electron chi connectivity index (χ2n) is 27.2. The van der Waals surface area contributed by atoms with Crippen LogP contribution in [0.2, 0.25) is 0 Å². The average molecular weight is 1230 g/mol. The van der Waals surface area contributed by atoms with E-state index >= 15 is 0 Å². The first-order chi connectivity index (χ1) is 40.8. The first kappa shape index (κ1) is 65.9. The number of nitriles is 2. The van der Waals surface area contributed by atoms with Gasteiger partial charge in [-0.15, -0.1) is 22.7 Å². The van der Waals surface area contributed by atoms with E-state index in [4.69, 9.17) is 14.2 Å². The van der Waals surface area contributed by atoms with Gasteiger partial charge in [0.05, 0.1) is 75.3 Å². The van der Waals surface area contributed by atoms with Crippen LogP contribution in [0.4, 0.5) is 0 Å². The Morgan fingerprint density at radius 1 is 0.644 bits per heavy atom. The fourth-order valence-corrected chi connectivity index (χ4v) is 12.5. The number of hydrogen-bond acceptors (Lipinski definition) is 17. The smallest absolute Gasteiger partial charge is 0.246 e. The van der Waals surface area contributed by atoms with E-state index < -0.39 is 105 Å². The highest BCUT2D eigenvalue weighted by Gasteiger charge is 2.55. The fraction of sp³-hybridized carbons (Fsp3) is 0.594. The summed E-state index contributed by atoms with van der Waals surface area (Å²) in [6, 6.07) is 11.5. The van der Waals surface area contributed by atoms with Gasteiger partial charge in [-0.05, 0) is 101 Å². The van der Waals surface area contributed by atoms with Crippen molar-refractivity contribution in [3.05, 3.63) is 69.9 Å². The Kier molecular flexibility index (Phi) is 19.7. The van der Waals surface area contributed by atoms with Crippen molar-refractivity contribution in [1.29, 1.82) is 10.5 Å². The van der Waals surface area contributed by atoms with E-state index in [1.54, 1.807) is 52.6 Å². The minimum atomic E-state index is -1.16. The van der Waals surface area contributed by atoms with E-state index in [1.807, 2.05) is 77.9 Å². The van der Waals surface area contributed by atoms with Crippen LogP contribution in [0.25, 0.3) is 20.9 Å². The van der Waals surface area contributed by atoms with Gasteiger partial charge in [-0.2, -0.15) is 10.5 Å². The molecule has 23 heteroatoms. The number of β-amino-alcohol motifs (C(OH)–C–C–N with tert-alkyl or cyclic N) is 2. The highest BCUT2D eigenvalue weighted by molar-refractivity contribution is 7.13. The lowest BCUT2D eigenvalue weighted by Crippen LogP contribution is -2.58. The van der Waals surface area contributed by atoms with Crippen molar-refractivity contribution in [2.45, 2.75) is 195 Å². The standard InChI is InChI=1S/C64H84N10O11S2/c1-37-49(86-35-69-37)39-13-15-41(29-67-53(77)45-27-43(75)31-73(45)55(79)51(59(3,4)5)71-57(81)63(33-65)17-18-63)47(25-39)83-23-21-61(9,10)84-24-22-62(11,12)85-48-26-40(50-38(2)70-36-87-50)14-16-42(48)30-68-54(78)46-28-44(76)32-74(46)56(80)52(60(6,7)8)72-58(82)64(34-66)19-20-64/h13-16,25-26,35-36,43-46,51-52,75-76H,17-24,27-32H2,1-12H3,(H,67,77)(H,68,78)(H,71,81)(H,72,82)/t43-,44-,45+,46+,51-,52?/m1/s1. The molecule has 468 valence electrons. The lowest BCUT2D eigenvalue weighted by molar-refractivity contribution is -0.144. The quantitative estimate of drug-likeness (QED) is 0.0405. The molecule has 2 saturated carbocycles. The summed E-state index contributed by atoms with van der Waals surface area (Å²) in [5.74, 6) is -1.95. The molecule has 2 aliphatic carbocycles. The Labute approximate surface area is 517 Å². The number of nitrogens with zero attached hydrogens (tertiary/aromatic N) is 6. The number of carbonyl (C=O) groups is 6. The molecule has 8 rings (SSSR count). The first-order valence-electron chi connectivity index (χ1n) is 29.8. The second-order valence-corrected chi connectivity index (χ2v) is 28.9. The number of benzene rings is 2. The van der Waals surface area contributed by atoms with E-state index in [1.165, 1.54) is 32.5 Å². The normalized spacial score (nSPS) is 20.3. The van der Waals surface area contributed by atoms with Crippen molar-refractivity contribution in [2.75, 3.05) is 26.3 Å². The summed E-state index contributed by atoms with van der Waals surface area (Å²) in [4.78, 5) is 96.6. The molecule has 6 amide bonds. The molecule has 0 spiro atoms. The minimum absolute atomic E-state index is 0.00317. The molecule has 2 aromatic carbocycles. The van der Waals surface area contributed by atoms with Crippen LogP contribution in [-0.4, -0.2) is 139 Å². The lowest BCUT2D eigenvalue weighted by Gasteiger charge is -2.35. The highest BCUT2D eigenvalue weighted by atomic mass is 32.1. The van der Waals surface area contributed by atoms with Crippen LogP contribution < -0.4 is 30.7 Å². The summed E-state index contributed by atoms with van der Waals surface area (Å²) in [6.45, 7) is 23.0. The van der Waals surface area contributed by atoms with Gasteiger partial charge in [-0.1, -0.05) is 65.8 Å². The SMILES string of the molecule is Cc1ncsc1-c1ccc(CNC(=O)[C@@H]2C[C@@H](O)CN2C(=O)[C@@H](NC(=O)C2(C#N)CC2)C(C)(C)C)c(OCCC(C)(C)OCCC(C)(C)Oc2cc(-c3scnc3C)ccc2CNC(=O)[C@@H]2C[C@@H](O)CN2C(=O)C(NC(=O)C2(C#N)CC2)C(C)(C)C)c1. The summed E-state index contributed by atoms with van der Waals surface area (Å²) >= 11 is 3.00. The molecule has 4 aliphatic rings. The number of thiazole rings is 2. The Morgan fingerprint density at radius 2 is 1.06 bits per heavy atom. The molecule has 6 N–H and O–H groups in total. The molecule has 1 unspecified atom stereocenters. The first-order valence-corrected chi connectivity index (χ1v) is 31.6. The second kappa shape index (κ2) is 26.0. The monoisotopic (exact) mass is 1230 g/mol. The van der Waals surface area contributed by atoms with Gasteiger partial charge < -0.3 is 55.5 Å². The molecule has 4 aromatic rings. The van der Waals surface area contributed by atoms with E-state index in [0.29, 0.717) is 67.8 Å². The van der Waals surface area contributed by atoms with E-state index in [2.05, 4.69) is 43.4 Å². The molecule has 87 heavy (non-hydrogen) atoms. The molecular formula is C64H84N10O11S2. The number of aryl methyl sites for hydroxylation is 2. The molecule has 2 saturated heterocycles. The van der Waals surface area contributed by atoms with Crippen LogP contribution in [-0.2, 0) is 46.6 Å². The summed E-state index contributed by atoms with van der Waals surface area (Å²) < 4.78 is 19.9. The van der Waals surface area contributed by atoms with E-state index in [-0.39, 0.29) is 45.6 Å². The maximum Gasteiger partial charge on any atom is 0.246 e. The number of rotatable bonds is 24. The number of nitrogens with one attached hydrogen (secondary N) is 4. The number of carbonyl (C=O) groups excluding carboxylic acids is 6. The van der Waals surface area contributed by atoms with Crippen molar-refractivity contribution < 1.29 is 53.2 Å². The van der Waals surface area contributed by atoms with E-state index in [0.717, 1.165) is 32.3 Å². The Hall–Kier alpha value is -7.02. The van der Waals surface area contributed by atoms with Crippen molar-refractivity contribution >= 4 is 58.1 Å². The predicted molar refractivity (Wildman–Crippen MR) is 327 cm³/mol. The lowest BCUT2D eigenvalue weighted by atomic mass is 9.85. The zero-order valence-corrected chi connectivity index (χ0v) is 53.7. The van der Waals surface area contributed by atoms with Gasteiger partial charge >= 0.3 is 0 Å². The van der Waals surface area contributed by atoms with Crippen molar-refractivity contribution in [2.24, 2.45) is 21.7 Å². The van der Waals surface area contributed by atoms with Gasteiger partial charge in [0.1, 0.15) is 52.1 Å². The molecule has 6 atom stereocenters. The van der Waals surface area contributed by atoms with Gasteiger partial charge in [0.15, 0.2) is 0 Å². The largest absolute Gasteiger partial charge is 0.493 e. The molecule has 4 heterocycles. The Bertz CT molecular complexity index is 3320. The fourth-order valence-electron chi connectivity index (χ4n) is 10.9. The van der Waals surface area contributed by atoms with Crippen LogP contribution in [0.5, 0.6) is 11.5 Å². The van der Waals surface area contributed by atoms with Crippen LogP contribution in [0.3, 0.4) is 0 Å². The molecule has 0 radical (unpaired) electrons. The summed E-state index contributed by atoms with van der Waals surface area (Å²) in [5, 5.41) is 52.6. The topological polar surface area (TPSA) is 299 Å². The predicted octanol–water partition coefficient (Wildman–Crippen LogP) is 7.19. The zero-order chi connectivity index (χ0) is 63.6. The van der Waals surface area contributed by atoms with Crippen molar-refractivity contribution in [3.63, 3.8) is 0 Å². The molecule has 0 bridgehead atoms. The molecule has 2 aromatic heterocycles. The molecule has 4 fully saturated rings. The number of hydrogen-bond donors (Lipinski definition) is 6. The third kappa shape index (κ3) is 15.6. The average Bonchev–Trinajstić information content (AvgIpc) is 1.78. The van der Waals surface area contributed by atoms with Gasteiger partial charge in [-0.25, -0.2) is 9.97 Å². The van der Waals surface area contributed by atoms with E-state index in [9.17, 15) is 49.5 Å². The number of amides is 6. The minimum Gasteiger partial charge on any atom is -0.493 e. The third-order valence-electron chi connectivity index (χ3n) is 16.9. The number of aliphatic hydroxyl groups is 2. The molecule has 21 nitrogen and oxygen atoms in total. The van der Waals surface area contributed by atoms with Crippen molar-refractivity contribution in [3.8, 4) is 44.5 Å². The van der Waals surface area contributed by atoms with Gasteiger partial charge in [0.25, 0.3) is 0 Å². The number of aromatic nitrogens is 2. The van der Waals surface area contributed by atoms with Crippen LogP contribution in [0, 0.1) is 58.2 Å². The van der Waals surface area contributed by atoms with Gasteiger partial charge in [0, 0.05) is 63.0 Å². The molecule has 2 aliphatic heterocycles.